The molecule has 1 saturated heterocycles. The molecule has 1 aliphatic heterocycles. The summed E-state index contributed by atoms with van der Waals surface area (Å²) in [5.74, 6) is -0.243. The molecule has 1 heterocycles. The van der Waals surface area contributed by atoms with Gasteiger partial charge in [-0.3, -0.25) is 4.79 Å². The molecular weight excluding hydrogens is 284 g/mol. The quantitative estimate of drug-likeness (QED) is 0.778. The summed E-state index contributed by atoms with van der Waals surface area (Å²) in [7, 11) is 0. The van der Waals surface area contributed by atoms with Crippen molar-refractivity contribution in [1.82, 2.24) is 10.6 Å². The van der Waals surface area contributed by atoms with Gasteiger partial charge in [-0.1, -0.05) is 15.9 Å². The van der Waals surface area contributed by atoms with Gasteiger partial charge in [0.15, 0.2) is 0 Å². The maximum Gasteiger partial charge on any atom is 0.255 e. The van der Waals surface area contributed by atoms with E-state index in [-0.39, 0.29) is 17.2 Å². The molecule has 0 bridgehead atoms. The summed E-state index contributed by atoms with van der Waals surface area (Å²) >= 11 is 3.24. The van der Waals surface area contributed by atoms with Crippen LogP contribution < -0.4 is 10.6 Å². The fraction of sp³-hybridized carbons (Fsp3) is 0.417. The van der Waals surface area contributed by atoms with Crippen molar-refractivity contribution in [3.8, 4) is 5.75 Å². The summed E-state index contributed by atoms with van der Waals surface area (Å²) in [6, 6.07) is 4.87. The van der Waals surface area contributed by atoms with Crippen LogP contribution in [0.2, 0.25) is 0 Å². The van der Waals surface area contributed by atoms with E-state index < -0.39 is 0 Å². The molecule has 1 amide bonds. The van der Waals surface area contributed by atoms with Gasteiger partial charge in [0.1, 0.15) is 5.75 Å². The van der Waals surface area contributed by atoms with Crippen LogP contribution in [-0.2, 0) is 0 Å². The summed E-state index contributed by atoms with van der Waals surface area (Å²) in [5.41, 5.74) is 0.0812. The smallest absolute Gasteiger partial charge is 0.255 e. The minimum Gasteiger partial charge on any atom is -0.507 e. The molecule has 5 heteroatoms. The Morgan fingerprint density at radius 1 is 1.59 bits per heavy atom. The normalized spacial score (nSPS) is 23.6. The number of rotatable bonds is 2. The number of nitrogens with one attached hydrogen (secondary N) is 2. The fourth-order valence-electron chi connectivity index (χ4n) is 1.96. The van der Waals surface area contributed by atoms with E-state index >= 15 is 0 Å². The Kier molecular flexibility index (Phi) is 3.40. The number of carbonyl (C=O) groups is 1. The number of halogens is 1. The van der Waals surface area contributed by atoms with Crippen molar-refractivity contribution in [3.63, 3.8) is 0 Å². The zero-order valence-electron chi connectivity index (χ0n) is 9.59. The molecule has 17 heavy (non-hydrogen) atoms. The second kappa shape index (κ2) is 4.66. The van der Waals surface area contributed by atoms with E-state index in [0.717, 1.165) is 24.0 Å². The van der Waals surface area contributed by atoms with Gasteiger partial charge in [-0.05, 0) is 38.1 Å². The van der Waals surface area contributed by atoms with Crippen molar-refractivity contribution in [1.29, 1.82) is 0 Å². The van der Waals surface area contributed by atoms with Crippen LogP contribution in [0, 0.1) is 0 Å². The van der Waals surface area contributed by atoms with Crippen LogP contribution in [0.25, 0.3) is 0 Å². The summed E-state index contributed by atoms with van der Waals surface area (Å²) in [6.45, 7) is 3.67. The van der Waals surface area contributed by atoms with Crippen LogP contribution in [0.4, 0.5) is 0 Å². The lowest BCUT2D eigenvalue weighted by Crippen LogP contribution is -2.47. The highest BCUT2D eigenvalue weighted by molar-refractivity contribution is 9.10. The number of benzene rings is 1. The first-order valence-electron chi connectivity index (χ1n) is 5.52. The van der Waals surface area contributed by atoms with Crippen molar-refractivity contribution in [2.24, 2.45) is 0 Å². The first kappa shape index (κ1) is 12.4. The predicted octanol–water partition coefficient (Wildman–Crippen LogP) is 1.64. The Hall–Kier alpha value is -1.07. The van der Waals surface area contributed by atoms with Crippen molar-refractivity contribution in [2.45, 2.75) is 18.9 Å². The molecule has 2 rings (SSSR count). The first-order chi connectivity index (χ1) is 8.00. The van der Waals surface area contributed by atoms with Gasteiger partial charge in [-0.15, -0.1) is 0 Å². The molecule has 4 nitrogen and oxygen atoms in total. The summed E-state index contributed by atoms with van der Waals surface area (Å²) < 4.78 is 0.750. The molecule has 92 valence electrons. The number of aromatic hydroxyl groups is 1. The van der Waals surface area contributed by atoms with E-state index in [2.05, 4.69) is 26.6 Å². The van der Waals surface area contributed by atoms with E-state index in [1.54, 1.807) is 12.1 Å². The monoisotopic (exact) mass is 298 g/mol. The van der Waals surface area contributed by atoms with Crippen molar-refractivity contribution >= 4 is 21.8 Å². The van der Waals surface area contributed by atoms with E-state index in [9.17, 15) is 9.90 Å². The van der Waals surface area contributed by atoms with E-state index in [1.165, 1.54) is 6.07 Å². The third-order valence-corrected chi connectivity index (χ3v) is 3.48. The molecule has 0 spiro atoms. The highest BCUT2D eigenvalue weighted by Gasteiger charge is 2.30. The molecule has 3 N–H and O–H groups in total. The van der Waals surface area contributed by atoms with E-state index in [1.807, 2.05) is 6.92 Å². The zero-order chi connectivity index (χ0) is 12.5. The maximum atomic E-state index is 12.0. The summed E-state index contributed by atoms with van der Waals surface area (Å²) in [4.78, 5) is 12.0. The van der Waals surface area contributed by atoms with Crippen molar-refractivity contribution in [3.05, 3.63) is 28.2 Å². The molecule has 0 aliphatic carbocycles. The molecule has 0 aromatic heterocycles. The van der Waals surface area contributed by atoms with Crippen LogP contribution in [0.3, 0.4) is 0 Å². The van der Waals surface area contributed by atoms with Gasteiger partial charge in [0.2, 0.25) is 0 Å². The van der Waals surface area contributed by atoms with Crippen LogP contribution in [-0.4, -0.2) is 29.6 Å². The van der Waals surface area contributed by atoms with E-state index in [4.69, 9.17) is 0 Å². The summed E-state index contributed by atoms with van der Waals surface area (Å²) in [6.07, 6.45) is 0.899. The van der Waals surface area contributed by atoms with Crippen molar-refractivity contribution < 1.29 is 9.90 Å². The molecule has 1 unspecified atom stereocenters. The largest absolute Gasteiger partial charge is 0.507 e. The SMILES string of the molecule is CC1(NC(=O)c2ccc(Br)cc2O)CCNC1. The van der Waals surface area contributed by atoms with Crippen LogP contribution in [0.15, 0.2) is 22.7 Å². The van der Waals surface area contributed by atoms with E-state index in [0.29, 0.717) is 5.56 Å². The first-order valence-corrected chi connectivity index (χ1v) is 6.31. The average molecular weight is 299 g/mol. The molecular formula is C12H15BrN2O2. The van der Waals surface area contributed by atoms with Gasteiger partial charge in [0.05, 0.1) is 11.1 Å². The van der Waals surface area contributed by atoms with Crippen molar-refractivity contribution in [2.75, 3.05) is 13.1 Å². The van der Waals surface area contributed by atoms with Crippen LogP contribution in [0.5, 0.6) is 5.75 Å². The minimum atomic E-state index is -0.235. The number of carbonyl (C=O) groups excluding carboxylic acids is 1. The lowest BCUT2D eigenvalue weighted by molar-refractivity contribution is 0.0910. The number of hydrogen-bond acceptors (Lipinski definition) is 3. The second-order valence-corrected chi connectivity index (χ2v) is 5.52. The molecule has 1 aromatic carbocycles. The van der Waals surface area contributed by atoms with Gasteiger partial charge < -0.3 is 15.7 Å². The van der Waals surface area contributed by atoms with Crippen LogP contribution in [0.1, 0.15) is 23.7 Å². The lowest BCUT2D eigenvalue weighted by atomic mass is 10.0. The standard InChI is InChI=1S/C12H15BrN2O2/c1-12(4-5-14-7-12)15-11(17)9-3-2-8(13)6-10(9)16/h2-3,6,14,16H,4-5,7H2,1H3,(H,15,17). The molecule has 1 aromatic rings. The predicted molar refractivity (Wildman–Crippen MR) is 69.2 cm³/mol. The second-order valence-electron chi connectivity index (χ2n) is 4.60. The lowest BCUT2D eigenvalue weighted by Gasteiger charge is -2.24. The minimum absolute atomic E-state index is 0.00793. The number of hydrogen-bond donors (Lipinski definition) is 3. The number of phenolic OH excluding ortho intramolecular Hbond substituents is 1. The molecule has 1 fully saturated rings. The molecule has 0 radical (unpaired) electrons. The Balaban J connectivity index is 2.14. The number of phenols is 1. The topological polar surface area (TPSA) is 61.4 Å². The Labute approximate surface area is 109 Å². The van der Waals surface area contributed by atoms with Crippen LogP contribution >= 0.6 is 15.9 Å². The Morgan fingerprint density at radius 2 is 2.35 bits per heavy atom. The Bertz CT molecular complexity index is 442. The van der Waals surface area contributed by atoms with Gasteiger partial charge in [0, 0.05) is 11.0 Å². The molecule has 1 aliphatic rings. The zero-order valence-corrected chi connectivity index (χ0v) is 11.2. The third kappa shape index (κ3) is 2.79. The highest BCUT2D eigenvalue weighted by Crippen LogP contribution is 2.23. The summed E-state index contributed by atoms with van der Waals surface area (Å²) in [5, 5.41) is 15.9. The van der Waals surface area contributed by atoms with Gasteiger partial charge in [0.25, 0.3) is 5.91 Å². The third-order valence-electron chi connectivity index (χ3n) is 2.99. The average Bonchev–Trinajstić information content (AvgIpc) is 2.64. The Morgan fingerprint density at radius 3 is 2.94 bits per heavy atom. The maximum absolute atomic E-state index is 12.0. The number of amides is 1. The fourth-order valence-corrected chi connectivity index (χ4v) is 2.31. The highest BCUT2D eigenvalue weighted by atomic mass is 79.9. The van der Waals surface area contributed by atoms with Gasteiger partial charge in [-0.25, -0.2) is 0 Å². The molecule has 0 saturated carbocycles. The molecule has 1 atom stereocenters. The van der Waals surface area contributed by atoms with Gasteiger partial charge in [-0.2, -0.15) is 0 Å². The van der Waals surface area contributed by atoms with Gasteiger partial charge >= 0.3 is 0 Å².